The molecule has 0 fully saturated rings. The SMILES string of the molecule is CC(C)(C)c1ccc(-c2ccc(C(C)(C)C)cc2)cc1.CC(C)(C)c1ccc(-c2ccc(C(C)(C)C)cc2[N+](=O)[O-])cc1. The van der Waals surface area contributed by atoms with Crippen molar-refractivity contribution in [3.05, 3.63) is 123 Å². The van der Waals surface area contributed by atoms with Crippen molar-refractivity contribution in [2.24, 2.45) is 0 Å². The lowest BCUT2D eigenvalue weighted by atomic mass is 9.84. The minimum atomic E-state index is -0.289. The average molecular weight is 578 g/mol. The number of nitro benzene ring substituents is 1. The van der Waals surface area contributed by atoms with Gasteiger partial charge in [0.05, 0.1) is 10.5 Å². The van der Waals surface area contributed by atoms with Crippen LogP contribution in [0.2, 0.25) is 0 Å². The zero-order chi connectivity index (χ0) is 32.4. The molecule has 0 bridgehead atoms. The molecule has 43 heavy (non-hydrogen) atoms. The highest BCUT2D eigenvalue weighted by Gasteiger charge is 2.22. The van der Waals surface area contributed by atoms with E-state index in [4.69, 9.17) is 0 Å². The van der Waals surface area contributed by atoms with Crippen LogP contribution in [0.4, 0.5) is 5.69 Å². The van der Waals surface area contributed by atoms with Crippen LogP contribution in [0.3, 0.4) is 0 Å². The van der Waals surface area contributed by atoms with Gasteiger partial charge >= 0.3 is 0 Å². The molecule has 0 saturated carbocycles. The maximum atomic E-state index is 11.5. The van der Waals surface area contributed by atoms with Gasteiger partial charge in [-0.25, -0.2) is 0 Å². The van der Waals surface area contributed by atoms with Crippen molar-refractivity contribution in [3.63, 3.8) is 0 Å². The van der Waals surface area contributed by atoms with E-state index in [-0.39, 0.29) is 32.3 Å². The van der Waals surface area contributed by atoms with Gasteiger partial charge < -0.3 is 0 Å². The van der Waals surface area contributed by atoms with Crippen molar-refractivity contribution in [1.29, 1.82) is 0 Å². The van der Waals surface area contributed by atoms with Gasteiger partial charge in [-0.05, 0) is 66.7 Å². The highest BCUT2D eigenvalue weighted by Crippen LogP contribution is 2.35. The zero-order valence-corrected chi connectivity index (χ0v) is 28.4. The lowest BCUT2D eigenvalue weighted by Crippen LogP contribution is -2.11. The Labute approximate surface area is 260 Å². The minimum Gasteiger partial charge on any atom is -0.258 e. The van der Waals surface area contributed by atoms with Crippen molar-refractivity contribution in [3.8, 4) is 22.3 Å². The van der Waals surface area contributed by atoms with Crippen LogP contribution in [0, 0.1) is 10.1 Å². The Morgan fingerprint density at radius 3 is 0.977 bits per heavy atom. The van der Waals surface area contributed by atoms with Crippen LogP contribution in [-0.4, -0.2) is 4.92 Å². The molecule has 0 atom stereocenters. The fourth-order valence-electron chi connectivity index (χ4n) is 4.87. The summed E-state index contributed by atoms with van der Waals surface area (Å²) in [5.74, 6) is 0. The van der Waals surface area contributed by atoms with Gasteiger partial charge in [-0.1, -0.05) is 162 Å². The van der Waals surface area contributed by atoms with E-state index in [1.54, 1.807) is 6.07 Å². The van der Waals surface area contributed by atoms with E-state index in [2.05, 4.69) is 144 Å². The van der Waals surface area contributed by atoms with Crippen molar-refractivity contribution in [2.45, 2.75) is 105 Å². The van der Waals surface area contributed by atoms with Gasteiger partial charge in [-0.3, -0.25) is 10.1 Å². The van der Waals surface area contributed by atoms with E-state index in [1.165, 1.54) is 27.8 Å². The summed E-state index contributed by atoms with van der Waals surface area (Å²) in [6.07, 6.45) is 0. The fourth-order valence-corrected chi connectivity index (χ4v) is 4.87. The van der Waals surface area contributed by atoms with Gasteiger partial charge in [0.25, 0.3) is 5.69 Å². The van der Waals surface area contributed by atoms with E-state index in [1.807, 2.05) is 24.3 Å². The zero-order valence-electron chi connectivity index (χ0n) is 28.4. The quantitative estimate of drug-likeness (QED) is 0.179. The standard InChI is InChI=1S/C20H25NO2.C20H26/c1-19(2,3)15-9-7-14(8-10-15)17-12-11-16(20(4,5)6)13-18(17)21(22)23;1-19(2,3)17-11-7-15(8-12-17)16-9-13-18(14-10-16)20(4,5)6/h7-13H,1-6H3;7-14H,1-6H3. The Balaban J connectivity index is 0.000000238. The van der Waals surface area contributed by atoms with Gasteiger partial charge in [0.2, 0.25) is 0 Å². The molecule has 0 unspecified atom stereocenters. The summed E-state index contributed by atoms with van der Waals surface area (Å²) >= 11 is 0. The molecule has 0 aromatic heterocycles. The summed E-state index contributed by atoms with van der Waals surface area (Å²) in [5.41, 5.74) is 9.64. The molecule has 4 aromatic rings. The number of benzene rings is 4. The second kappa shape index (κ2) is 12.5. The lowest BCUT2D eigenvalue weighted by molar-refractivity contribution is -0.384. The van der Waals surface area contributed by atoms with E-state index in [0.717, 1.165) is 11.1 Å². The molecule has 4 rings (SSSR count). The molecule has 3 nitrogen and oxygen atoms in total. The van der Waals surface area contributed by atoms with Gasteiger partial charge in [-0.2, -0.15) is 0 Å². The third-order valence-electron chi connectivity index (χ3n) is 7.96. The Bertz CT molecular complexity index is 1460. The van der Waals surface area contributed by atoms with Crippen molar-refractivity contribution in [1.82, 2.24) is 0 Å². The van der Waals surface area contributed by atoms with Crippen molar-refractivity contribution in [2.75, 3.05) is 0 Å². The highest BCUT2D eigenvalue weighted by atomic mass is 16.6. The van der Waals surface area contributed by atoms with Crippen molar-refractivity contribution >= 4 is 5.69 Å². The van der Waals surface area contributed by atoms with E-state index < -0.39 is 0 Å². The molecule has 0 aliphatic rings. The Morgan fingerprint density at radius 2 is 0.698 bits per heavy atom. The highest BCUT2D eigenvalue weighted by molar-refractivity contribution is 5.74. The van der Waals surface area contributed by atoms with Gasteiger partial charge in [0.15, 0.2) is 0 Å². The second-order valence-corrected chi connectivity index (χ2v) is 15.7. The Kier molecular flexibility index (Phi) is 9.81. The predicted molar refractivity (Wildman–Crippen MR) is 185 cm³/mol. The summed E-state index contributed by atoms with van der Waals surface area (Å²) in [4.78, 5) is 11.2. The first-order valence-corrected chi connectivity index (χ1v) is 15.3. The van der Waals surface area contributed by atoms with Gasteiger partial charge in [0.1, 0.15) is 0 Å². The van der Waals surface area contributed by atoms with E-state index >= 15 is 0 Å². The summed E-state index contributed by atoms with van der Waals surface area (Å²) in [6.45, 7) is 26.1. The fraction of sp³-hybridized carbons (Fsp3) is 0.400. The Hall–Kier alpha value is -3.72. The molecule has 228 valence electrons. The maximum Gasteiger partial charge on any atom is 0.277 e. The molecule has 0 N–H and O–H groups in total. The number of hydrogen-bond acceptors (Lipinski definition) is 2. The second-order valence-electron chi connectivity index (χ2n) is 15.7. The molecule has 0 radical (unpaired) electrons. The molecular formula is C40H51NO2. The van der Waals surface area contributed by atoms with E-state index in [9.17, 15) is 10.1 Å². The van der Waals surface area contributed by atoms with Crippen LogP contribution in [0.25, 0.3) is 22.3 Å². The first-order chi connectivity index (χ1) is 19.7. The Morgan fingerprint density at radius 1 is 0.419 bits per heavy atom. The molecule has 3 heteroatoms. The average Bonchev–Trinajstić information content (AvgIpc) is 2.91. The van der Waals surface area contributed by atoms with E-state index in [0.29, 0.717) is 5.56 Å². The van der Waals surface area contributed by atoms with Crippen molar-refractivity contribution < 1.29 is 4.92 Å². The van der Waals surface area contributed by atoms with Gasteiger partial charge in [-0.15, -0.1) is 0 Å². The third kappa shape index (κ3) is 8.89. The monoisotopic (exact) mass is 577 g/mol. The van der Waals surface area contributed by atoms with Crippen LogP contribution in [0.5, 0.6) is 0 Å². The summed E-state index contributed by atoms with van der Waals surface area (Å²) in [5, 5.41) is 11.5. The first-order valence-electron chi connectivity index (χ1n) is 15.3. The van der Waals surface area contributed by atoms with Crippen LogP contribution in [0.15, 0.2) is 91.0 Å². The number of nitrogens with zero attached hydrogens (tertiary/aromatic N) is 1. The normalized spacial score (nSPS) is 12.4. The summed E-state index contributed by atoms with van der Waals surface area (Å²) in [6, 6.07) is 31.5. The smallest absolute Gasteiger partial charge is 0.258 e. The molecule has 0 amide bonds. The first kappa shape index (κ1) is 33.8. The van der Waals surface area contributed by atoms with Crippen LogP contribution in [-0.2, 0) is 21.7 Å². The molecular weight excluding hydrogens is 526 g/mol. The van der Waals surface area contributed by atoms with Crippen LogP contribution < -0.4 is 0 Å². The van der Waals surface area contributed by atoms with Crippen LogP contribution >= 0.6 is 0 Å². The molecule has 0 aliphatic heterocycles. The van der Waals surface area contributed by atoms with Crippen LogP contribution in [0.1, 0.15) is 105 Å². The molecule has 4 aromatic carbocycles. The molecule has 0 heterocycles. The number of hydrogen-bond donors (Lipinski definition) is 0. The predicted octanol–water partition coefficient (Wildman–Crippen LogP) is 11.8. The van der Waals surface area contributed by atoms with Gasteiger partial charge in [0, 0.05) is 6.07 Å². The maximum absolute atomic E-state index is 11.5. The molecule has 0 saturated heterocycles. The minimum absolute atomic E-state index is 0.0700. The third-order valence-corrected chi connectivity index (χ3v) is 7.96. The summed E-state index contributed by atoms with van der Waals surface area (Å²) in [7, 11) is 0. The molecule has 0 aliphatic carbocycles. The summed E-state index contributed by atoms with van der Waals surface area (Å²) < 4.78 is 0. The lowest BCUT2D eigenvalue weighted by Gasteiger charge is -2.20. The topological polar surface area (TPSA) is 43.1 Å². The largest absolute Gasteiger partial charge is 0.277 e. The number of rotatable bonds is 3. The number of nitro groups is 1. The molecule has 0 spiro atoms.